The van der Waals surface area contributed by atoms with Crippen molar-refractivity contribution in [3.8, 4) is 0 Å². The summed E-state index contributed by atoms with van der Waals surface area (Å²) in [6.45, 7) is 0.703. The van der Waals surface area contributed by atoms with Crippen LogP contribution in [0.5, 0.6) is 0 Å². The Hall–Kier alpha value is -5.08. The van der Waals surface area contributed by atoms with Crippen LogP contribution < -0.4 is 27.8 Å². The first-order valence-corrected chi connectivity index (χ1v) is 25.6. The van der Waals surface area contributed by atoms with E-state index in [4.69, 9.17) is 17.2 Å². The zero-order valence-electron chi connectivity index (χ0n) is 40.3. The number of benzene rings is 3. The lowest BCUT2D eigenvalue weighted by molar-refractivity contribution is -0.144. The number of hydrogen-bond donors (Lipinski definition) is 5. The number of likely N-dealkylation sites (N-methyl/N-ethyl adjacent to an activating group) is 1. The maximum absolute atomic E-state index is 15.3. The summed E-state index contributed by atoms with van der Waals surface area (Å²) < 4.78 is 0. The molecule has 3 fully saturated rings. The highest BCUT2D eigenvalue weighted by Crippen LogP contribution is 2.32. The van der Waals surface area contributed by atoms with E-state index in [9.17, 15) is 24.0 Å². The van der Waals surface area contributed by atoms with E-state index in [-0.39, 0.29) is 42.8 Å². The van der Waals surface area contributed by atoms with E-state index >= 15 is 4.79 Å². The average Bonchev–Trinajstić information content (AvgIpc) is 3.87. The zero-order chi connectivity index (χ0) is 48.4. The van der Waals surface area contributed by atoms with E-state index < -0.39 is 59.5 Å². The lowest BCUT2D eigenvalue weighted by Crippen LogP contribution is -2.56. The smallest absolute Gasteiger partial charge is 0.261 e. The van der Waals surface area contributed by atoms with Crippen LogP contribution in [0.3, 0.4) is 0 Å². The van der Waals surface area contributed by atoms with Gasteiger partial charge in [-0.1, -0.05) is 143 Å². The van der Waals surface area contributed by atoms with Gasteiger partial charge in [-0.15, -0.1) is 0 Å². The van der Waals surface area contributed by atoms with Crippen molar-refractivity contribution in [3.05, 3.63) is 107 Å². The summed E-state index contributed by atoms with van der Waals surface area (Å²) in [6, 6.07) is 21.5. The molecule has 6 atom stereocenters. The minimum absolute atomic E-state index is 0.00219. The first-order chi connectivity index (χ1) is 33.0. The minimum Gasteiger partial charge on any atom is -0.343 e. The van der Waals surface area contributed by atoms with Gasteiger partial charge in [-0.2, -0.15) is 0 Å². The lowest BCUT2D eigenvalue weighted by Gasteiger charge is -2.32. The van der Waals surface area contributed by atoms with Gasteiger partial charge >= 0.3 is 0 Å². The van der Waals surface area contributed by atoms with Crippen molar-refractivity contribution in [2.45, 2.75) is 159 Å². The van der Waals surface area contributed by atoms with Gasteiger partial charge < -0.3 is 32.7 Å². The Bertz CT molecular complexity index is 2110. The molecule has 1 unspecified atom stereocenters. The predicted molar refractivity (Wildman–Crippen MR) is 266 cm³/mol. The summed E-state index contributed by atoms with van der Waals surface area (Å²) in [5.41, 5.74) is 21.7. The first-order valence-electron chi connectivity index (χ1n) is 25.6. The third-order valence-corrected chi connectivity index (χ3v) is 14.7. The molecule has 3 aromatic carbocycles. The summed E-state index contributed by atoms with van der Waals surface area (Å²) in [5, 5.41) is 6.11. The molecule has 2 aliphatic carbocycles. The largest absolute Gasteiger partial charge is 0.343 e. The number of Topliss-reactive ketones (excluding diaryl/α,β-unsaturated/α-hetero) is 2. The van der Waals surface area contributed by atoms with Crippen molar-refractivity contribution in [1.29, 1.82) is 0 Å². The molecular weight excluding hydrogens is 855 g/mol. The number of carbonyl (C=O) groups excluding carboxylic acids is 6. The number of carbonyl (C=O) groups is 6. The molecule has 0 radical (unpaired) electrons. The molecule has 4 amide bonds. The second-order valence-electron chi connectivity index (χ2n) is 19.7. The van der Waals surface area contributed by atoms with E-state index in [1.807, 2.05) is 60.7 Å². The van der Waals surface area contributed by atoms with Crippen LogP contribution in [0.15, 0.2) is 84.9 Å². The Morgan fingerprint density at radius 3 is 1.88 bits per heavy atom. The van der Waals surface area contributed by atoms with Gasteiger partial charge in [0, 0.05) is 12.1 Å². The fourth-order valence-electron chi connectivity index (χ4n) is 10.8. The highest BCUT2D eigenvalue weighted by atomic mass is 16.2. The number of amides is 4. The van der Waals surface area contributed by atoms with Gasteiger partial charge in [-0.3, -0.25) is 33.7 Å². The van der Waals surface area contributed by atoms with Crippen molar-refractivity contribution in [2.24, 2.45) is 35.0 Å². The van der Waals surface area contributed by atoms with Gasteiger partial charge in [-0.25, -0.2) is 0 Å². The normalized spacial score (nSPS) is 19.1. The summed E-state index contributed by atoms with van der Waals surface area (Å²) in [6.07, 6.45) is 14.2. The predicted octanol–water partition coefficient (Wildman–Crippen LogP) is 6.18. The molecule has 13 nitrogen and oxygen atoms in total. The monoisotopic (exact) mass is 932 g/mol. The number of nitrogens with two attached hydrogens (primary N) is 3. The molecule has 1 heterocycles. The molecule has 1 saturated heterocycles. The van der Waals surface area contributed by atoms with Gasteiger partial charge in [-0.05, 0) is 106 Å². The van der Waals surface area contributed by atoms with Crippen molar-refractivity contribution in [3.63, 3.8) is 0 Å². The Morgan fingerprint density at radius 1 is 0.676 bits per heavy atom. The SMILES string of the molecule is CN[C@@H](Cc1ccccc1)C(=O)N[C@@H](CCCCN)C(=O)N1CCC[C@H]1C(=O)C(Cc1ccccc1C(=O)N(Cc1ccccc1)C(=O)[C@@H](N)CC1CCCCC1)C(=O)[C@H](N)CC1CCCCC1. The van der Waals surface area contributed by atoms with Gasteiger partial charge in [0.05, 0.1) is 36.6 Å². The maximum atomic E-state index is 15.3. The molecule has 68 heavy (non-hydrogen) atoms. The molecule has 6 rings (SSSR count). The number of hydrogen-bond acceptors (Lipinski definition) is 10. The summed E-state index contributed by atoms with van der Waals surface area (Å²) in [5.74, 6) is -3.30. The number of imide groups is 1. The topological polar surface area (TPSA) is 211 Å². The molecule has 0 bridgehead atoms. The van der Waals surface area contributed by atoms with Gasteiger partial charge in [0.25, 0.3) is 5.91 Å². The van der Waals surface area contributed by atoms with E-state index in [0.29, 0.717) is 69.4 Å². The average molecular weight is 932 g/mol. The van der Waals surface area contributed by atoms with Crippen LogP contribution in [0.2, 0.25) is 0 Å². The second kappa shape index (κ2) is 26.6. The maximum Gasteiger partial charge on any atom is 0.261 e. The Balaban J connectivity index is 1.29. The fourth-order valence-corrected chi connectivity index (χ4v) is 10.8. The van der Waals surface area contributed by atoms with E-state index in [2.05, 4.69) is 10.6 Å². The number of nitrogens with zero attached hydrogens (tertiary/aromatic N) is 2. The number of nitrogens with one attached hydrogen (secondary N) is 2. The van der Waals surface area contributed by atoms with Crippen LogP contribution in [0, 0.1) is 17.8 Å². The van der Waals surface area contributed by atoms with Crippen LogP contribution >= 0.6 is 0 Å². The van der Waals surface area contributed by atoms with Crippen LogP contribution in [0.1, 0.15) is 136 Å². The van der Waals surface area contributed by atoms with Gasteiger partial charge in [0.15, 0.2) is 11.6 Å². The van der Waals surface area contributed by atoms with Crippen molar-refractivity contribution in [1.82, 2.24) is 20.4 Å². The van der Waals surface area contributed by atoms with Crippen molar-refractivity contribution in [2.75, 3.05) is 20.1 Å². The molecular formula is C55H77N7O6. The second-order valence-corrected chi connectivity index (χ2v) is 19.7. The highest BCUT2D eigenvalue weighted by Gasteiger charge is 2.44. The molecule has 8 N–H and O–H groups in total. The van der Waals surface area contributed by atoms with Crippen LogP contribution in [0.4, 0.5) is 0 Å². The number of ketones is 2. The Morgan fingerprint density at radius 2 is 1.26 bits per heavy atom. The molecule has 368 valence electrons. The summed E-state index contributed by atoms with van der Waals surface area (Å²) in [7, 11) is 1.71. The van der Waals surface area contributed by atoms with E-state index in [0.717, 1.165) is 68.9 Å². The zero-order valence-corrected chi connectivity index (χ0v) is 40.3. The highest BCUT2D eigenvalue weighted by molar-refractivity contribution is 6.09. The van der Waals surface area contributed by atoms with Crippen LogP contribution in [-0.2, 0) is 43.4 Å². The summed E-state index contributed by atoms with van der Waals surface area (Å²) in [4.78, 5) is 90.7. The molecule has 2 saturated carbocycles. The molecule has 0 aromatic heterocycles. The fraction of sp³-hybridized carbons (Fsp3) is 0.564. The number of rotatable bonds is 24. The standard InChI is InChI=1S/C55H77N7O6/c1-59-48(35-40-23-10-4-11-24-40)52(65)60-47(29-16-17-31-56)55(68)61-32-18-30-49(61)51(64)44(50(63)45(57)33-38-19-6-2-7-20-38)36-42-27-14-15-28-43(42)53(66)62(37-41-25-12-5-13-26-41)54(67)46(58)34-39-21-8-3-9-22-39/h4-5,10-15,23-28,38-39,44-49,59H,2-3,6-9,16-22,29-37,56-58H2,1H3,(H,60,65)/t44?,45-,46+,47+,48+,49+/m1/s1. The molecule has 0 spiro atoms. The number of likely N-dealkylation sites (tertiary alicyclic amines) is 1. The number of unbranched alkanes of at least 4 members (excludes halogenated alkanes) is 1. The van der Waals surface area contributed by atoms with E-state index in [1.165, 1.54) is 11.3 Å². The van der Waals surface area contributed by atoms with Gasteiger partial charge in [0.2, 0.25) is 17.7 Å². The summed E-state index contributed by atoms with van der Waals surface area (Å²) >= 11 is 0. The Labute approximate surface area is 404 Å². The van der Waals surface area contributed by atoms with Gasteiger partial charge in [0.1, 0.15) is 6.04 Å². The lowest BCUT2D eigenvalue weighted by atomic mass is 9.79. The van der Waals surface area contributed by atoms with Crippen LogP contribution in [-0.4, -0.2) is 95.3 Å². The third kappa shape index (κ3) is 14.5. The molecule has 13 heteroatoms. The first kappa shape index (κ1) is 52.3. The molecule has 3 aliphatic rings. The van der Waals surface area contributed by atoms with Crippen LogP contribution in [0.25, 0.3) is 0 Å². The third-order valence-electron chi connectivity index (χ3n) is 14.7. The van der Waals surface area contributed by atoms with E-state index in [1.54, 1.807) is 36.2 Å². The van der Waals surface area contributed by atoms with Crippen molar-refractivity contribution < 1.29 is 28.8 Å². The molecule has 1 aliphatic heterocycles. The molecule has 3 aromatic rings. The quantitative estimate of drug-likeness (QED) is 0.0509. The minimum atomic E-state index is -1.28. The van der Waals surface area contributed by atoms with Crippen molar-refractivity contribution >= 4 is 35.2 Å². The Kier molecular flexibility index (Phi) is 20.5.